The van der Waals surface area contributed by atoms with Crippen molar-refractivity contribution in [3.63, 3.8) is 0 Å². The van der Waals surface area contributed by atoms with Gasteiger partial charge in [0, 0.05) is 41.3 Å². The van der Waals surface area contributed by atoms with Gasteiger partial charge in [-0.15, -0.1) is 0 Å². The third-order valence-electron chi connectivity index (χ3n) is 5.76. The lowest BCUT2D eigenvalue weighted by Gasteiger charge is -2.35. The smallest absolute Gasteiger partial charge is 0.162 e. The molecule has 2 N–H and O–H groups in total. The largest absolute Gasteiger partial charge is 0.377 e. The van der Waals surface area contributed by atoms with E-state index in [-0.39, 0.29) is 5.54 Å². The van der Waals surface area contributed by atoms with Gasteiger partial charge in [0.15, 0.2) is 5.82 Å². The Hall–Kier alpha value is -2.44. The van der Waals surface area contributed by atoms with Crippen LogP contribution in [-0.4, -0.2) is 40.8 Å². The van der Waals surface area contributed by atoms with Crippen LogP contribution in [-0.2, 0) is 16.8 Å². The van der Waals surface area contributed by atoms with Crippen LogP contribution in [0.5, 0.6) is 0 Å². The fourth-order valence-electron chi connectivity index (χ4n) is 4.23. The third-order valence-corrected chi connectivity index (χ3v) is 5.76. The topological polar surface area (TPSA) is 66.1 Å². The zero-order chi connectivity index (χ0) is 18.6. The van der Waals surface area contributed by atoms with Crippen LogP contribution in [0.25, 0.3) is 22.3 Å². The molecule has 0 radical (unpaired) electrons. The van der Waals surface area contributed by atoms with Crippen LogP contribution in [0.2, 0.25) is 0 Å². The van der Waals surface area contributed by atoms with E-state index in [9.17, 15) is 0 Å². The molecule has 1 aromatic carbocycles. The Morgan fingerprint density at radius 1 is 1.22 bits per heavy atom. The summed E-state index contributed by atoms with van der Waals surface area (Å²) in [5.41, 5.74) is 4.34. The van der Waals surface area contributed by atoms with E-state index in [1.807, 2.05) is 6.20 Å². The van der Waals surface area contributed by atoms with E-state index in [1.165, 1.54) is 5.56 Å². The predicted molar refractivity (Wildman–Crippen MR) is 107 cm³/mol. The van der Waals surface area contributed by atoms with Gasteiger partial charge in [0.25, 0.3) is 0 Å². The molecular formula is C21H25N5O. The van der Waals surface area contributed by atoms with Crippen LogP contribution in [0.4, 0.5) is 5.82 Å². The van der Waals surface area contributed by atoms with E-state index >= 15 is 0 Å². The highest BCUT2D eigenvalue weighted by Gasteiger charge is 2.36. The zero-order valence-corrected chi connectivity index (χ0v) is 16.0. The Bertz CT molecular complexity index is 1010. The molecule has 1 unspecified atom stereocenters. The van der Waals surface area contributed by atoms with Gasteiger partial charge in [-0.1, -0.05) is 12.1 Å². The van der Waals surface area contributed by atoms with Crippen molar-refractivity contribution < 1.29 is 4.74 Å². The Balaban J connectivity index is 1.73. The van der Waals surface area contributed by atoms with Crippen molar-refractivity contribution >= 4 is 16.7 Å². The van der Waals surface area contributed by atoms with Gasteiger partial charge in [0.2, 0.25) is 0 Å². The molecule has 0 aliphatic carbocycles. The van der Waals surface area contributed by atoms with E-state index in [4.69, 9.17) is 14.7 Å². The molecule has 0 amide bonds. The van der Waals surface area contributed by atoms with Crippen molar-refractivity contribution in [1.82, 2.24) is 20.3 Å². The first-order chi connectivity index (χ1) is 13.0. The highest BCUT2D eigenvalue weighted by molar-refractivity contribution is 5.93. The van der Waals surface area contributed by atoms with Crippen molar-refractivity contribution in [2.24, 2.45) is 0 Å². The van der Waals surface area contributed by atoms with Crippen LogP contribution in [0.3, 0.4) is 0 Å². The average molecular weight is 363 g/mol. The molecule has 27 heavy (non-hydrogen) atoms. The summed E-state index contributed by atoms with van der Waals surface area (Å²) in [7, 11) is 0. The minimum absolute atomic E-state index is 0.163. The Morgan fingerprint density at radius 2 is 2.11 bits per heavy atom. The summed E-state index contributed by atoms with van der Waals surface area (Å²) in [6.07, 6.45) is 1.97. The van der Waals surface area contributed by atoms with Gasteiger partial charge < -0.3 is 19.9 Å². The molecule has 4 heterocycles. The van der Waals surface area contributed by atoms with Crippen LogP contribution < -0.4 is 10.2 Å². The second-order valence-electron chi connectivity index (χ2n) is 8.04. The van der Waals surface area contributed by atoms with E-state index in [2.05, 4.69) is 60.2 Å². The fourth-order valence-corrected chi connectivity index (χ4v) is 4.23. The fraction of sp³-hybridized carbons (Fsp3) is 0.429. The van der Waals surface area contributed by atoms with Crippen LogP contribution in [0.1, 0.15) is 32.0 Å². The zero-order valence-electron chi connectivity index (χ0n) is 16.0. The monoisotopic (exact) mass is 363 g/mol. The number of aromatic nitrogens is 3. The number of fused-ring (bicyclic) bond motifs is 2. The van der Waals surface area contributed by atoms with Crippen LogP contribution in [0, 0.1) is 0 Å². The lowest BCUT2D eigenvalue weighted by atomic mass is 10.00. The number of benzene rings is 1. The van der Waals surface area contributed by atoms with Gasteiger partial charge in [-0.25, -0.2) is 9.97 Å². The number of hydrogen-bond acceptors (Lipinski definition) is 5. The van der Waals surface area contributed by atoms with Gasteiger partial charge in [-0.2, -0.15) is 0 Å². The maximum atomic E-state index is 5.65. The highest BCUT2D eigenvalue weighted by Crippen LogP contribution is 2.38. The van der Waals surface area contributed by atoms with E-state index in [0.717, 1.165) is 60.1 Å². The number of rotatable bonds is 2. The van der Waals surface area contributed by atoms with Crippen LogP contribution >= 0.6 is 0 Å². The summed E-state index contributed by atoms with van der Waals surface area (Å²) in [5.74, 6) is 1.85. The molecule has 2 aliphatic rings. The maximum Gasteiger partial charge on any atom is 0.162 e. The number of ether oxygens (including phenoxy) is 1. The first-order valence-electron chi connectivity index (χ1n) is 9.62. The maximum absolute atomic E-state index is 5.65. The van der Waals surface area contributed by atoms with Gasteiger partial charge in [0.05, 0.1) is 30.5 Å². The Morgan fingerprint density at radius 3 is 2.96 bits per heavy atom. The number of hydrogen-bond donors (Lipinski definition) is 2. The SMILES string of the molecule is CC1COCCN1c1nc(-c2cccc3[nH]ccc23)nc2c1CNC2(C)C. The van der Waals surface area contributed by atoms with Crippen molar-refractivity contribution in [3.8, 4) is 11.4 Å². The van der Waals surface area contributed by atoms with E-state index in [1.54, 1.807) is 0 Å². The first kappa shape index (κ1) is 16.7. The van der Waals surface area contributed by atoms with Crippen molar-refractivity contribution in [2.75, 3.05) is 24.7 Å². The van der Waals surface area contributed by atoms with Gasteiger partial charge in [-0.3, -0.25) is 0 Å². The lowest BCUT2D eigenvalue weighted by Crippen LogP contribution is -2.44. The molecule has 1 fully saturated rings. The second-order valence-corrected chi connectivity index (χ2v) is 8.04. The molecule has 1 atom stereocenters. The van der Waals surface area contributed by atoms with E-state index < -0.39 is 0 Å². The van der Waals surface area contributed by atoms with Crippen LogP contribution in [0.15, 0.2) is 30.5 Å². The molecule has 1 saturated heterocycles. The first-order valence-corrected chi connectivity index (χ1v) is 9.62. The highest BCUT2D eigenvalue weighted by atomic mass is 16.5. The average Bonchev–Trinajstić information content (AvgIpc) is 3.26. The summed E-state index contributed by atoms with van der Waals surface area (Å²) < 4.78 is 5.65. The number of aromatic amines is 1. The summed E-state index contributed by atoms with van der Waals surface area (Å²) in [6, 6.07) is 8.66. The number of H-pyrrole nitrogens is 1. The quantitative estimate of drug-likeness (QED) is 0.732. The van der Waals surface area contributed by atoms with Crippen molar-refractivity contribution in [2.45, 2.75) is 38.9 Å². The summed E-state index contributed by atoms with van der Waals surface area (Å²) >= 11 is 0. The predicted octanol–water partition coefficient (Wildman–Crippen LogP) is 3.19. The number of morpholine rings is 1. The minimum Gasteiger partial charge on any atom is -0.377 e. The van der Waals surface area contributed by atoms with Gasteiger partial charge in [-0.05, 0) is 32.9 Å². The van der Waals surface area contributed by atoms with Crippen molar-refractivity contribution in [1.29, 1.82) is 0 Å². The number of nitrogens with one attached hydrogen (secondary N) is 2. The number of anilines is 1. The standard InChI is InChI=1S/C21H25N5O/c1-13-12-27-10-9-26(13)20-16-11-23-21(2,3)18(16)24-19(25-20)15-5-4-6-17-14(15)7-8-22-17/h4-8,13,22-23H,9-12H2,1-3H3. The van der Waals surface area contributed by atoms with E-state index in [0.29, 0.717) is 6.04 Å². The van der Waals surface area contributed by atoms with Crippen molar-refractivity contribution in [3.05, 3.63) is 41.7 Å². The van der Waals surface area contributed by atoms with Gasteiger partial charge >= 0.3 is 0 Å². The van der Waals surface area contributed by atoms with Gasteiger partial charge in [0.1, 0.15) is 5.82 Å². The molecule has 6 nitrogen and oxygen atoms in total. The summed E-state index contributed by atoms with van der Waals surface area (Å²) in [4.78, 5) is 15.8. The lowest BCUT2D eigenvalue weighted by molar-refractivity contribution is 0.0984. The molecule has 0 spiro atoms. The molecule has 2 aliphatic heterocycles. The third kappa shape index (κ3) is 2.63. The Kier molecular flexibility index (Phi) is 3.74. The molecule has 0 saturated carbocycles. The number of nitrogens with zero attached hydrogens (tertiary/aromatic N) is 3. The summed E-state index contributed by atoms with van der Waals surface area (Å²) in [6.45, 7) is 9.72. The molecular weight excluding hydrogens is 338 g/mol. The molecule has 0 bridgehead atoms. The summed E-state index contributed by atoms with van der Waals surface area (Å²) in [5, 5.41) is 4.75. The normalized spacial score (nSPS) is 21.6. The minimum atomic E-state index is -0.163. The Labute approximate surface area is 159 Å². The second kappa shape index (κ2) is 6.04. The molecule has 140 valence electrons. The molecule has 5 rings (SSSR count). The molecule has 3 aromatic rings. The molecule has 2 aromatic heterocycles. The molecule has 6 heteroatoms.